The van der Waals surface area contributed by atoms with E-state index in [1.54, 1.807) is 11.0 Å². The van der Waals surface area contributed by atoms with Gasteiger partial charge >= 0.3 is 12.1 Å². The number of hydrogen-bond acceptors (Lipinski definition) is 3. The summed E-state index contributed by atoms with van der Waals surface area (Å²) < 4.78 is 5.96. The number of carboxylic acids is 1. The molecule has 1 aromatic rings. The number of carboxylic acid groups (broad SMARTS) is 1. The van der Waals surface area contributed by atoms with E-state index in [0.717, 1.165) is 16.7 Å². The zero-order chi connectivity index (χ0) is 17.4. The van der Waals surface area contributed by atoms with E-state index in [9.17, 15) is 14.7 Å². The maximum Gasteiger partial charge on any atom is 0.410 e. The highest BCUT2D eigenvalue weighted by Crippen LogP contribution is 2.33. The monoisotopic (exact) mass is 451 g/mol. The number of halogens is 2. The molecule has 0 aliphatic carbocycles. The summed E-state index contributed by atoms with van der Waals surface area (Å²) in [6.07, 6.45) is 0.238. The molecule has 1 aliphatic rings. The van der Waals surface area contributed by atoms with Crippen molar-refractivity contribution in [1.29, 1.82) is 0 Å². The second-order valence-corrected chi connectivity index (χ2v) is 7.61. The van der Waals surface area contributed by atoms with Gasteiger partial charge in [-0.05, 0) is 49.9 Å². The fraction of sp³-hybridized carbons (Fsp3) is 0.500. The summed E-state index contributed by atoms with van der Waals surface area (Å²) in [7, 11) is 0. The molecule has 0 saturated carbocycles. The van der Waals surface area contributed by atoms with Crippen molar-refractivity contribution in [2.75, 3.05) is 6.54 Å². The first kappa shape index (κ1) is 18.3. The molecule has 0 unspecified atom stereocenters. The SMILES string of the molecule is CC(C)(C)OC(=O)N1CCc2c(cc(Cl)c(C(=O)O)c2CI)C1. The summed E-state index contributed by atoms with van der Waals surface area (Å²) in [5.74, 6) is -1.01. The molecule has 1 aromatic carbocycles. The zero-order valence-corrected chi connectivity index (χ0v) is 16.2. The first-order valence-electron chi connectivity index (χ1n) is 7.24. The largest absolute Gasteiger partial charge is 0.478 e. The Morgan fingerprint density at radius 3 is 2.61 bits per heavy atom. The molecule has 23 heavy (non-hydrogen) atoms. The van der Waals surface area contributed by atoms with Gasteiger partial charge in [-0.1, -0.05) is 34.2 Å². The number of fused-ring (bicyclic) bond motifs is 1. The lowest BCUT2D eigenvalue weighted by atomic mass is 9.91. The summed E-state index contributed by atoms with van der Waals surface area (Å²) in [5, 5.41) is 9.59. The molecule has 5 nitrogen and oxygen atoms in total. The molecular weight excluding hydrogens is 433 g/mol. The van der Waals surface area contributed by atoms with Crippen LogP contribution in [0.4, 0.5) is 4.79 Å². The zero-order valence-electron chi connectivity index (χ0n) is 13.3. The highest BCUT2D eigenvalue weighted by molar-refractivity contribution is 14.1. The van der Waals surface area contributed by atoms with Crippen LogP contribution in [0.25, 0.3) is 0 Å². The predicted octanol–water partition coefficient (Wildman–Crippen LogP) is 4.27. The molecule has 0 fully saturated rings. The second kappa shape index (κ2) is 6.84. The summed E-state index contributed by atoms with van der Waals surface area (Å²) in [5.41, 5.74) is 2.26. The van der Waals surface area contributed by atoms with Crippen molar-refractivity contribution in [3.05, 3.63) is 33.3 Å². The van der Waals surface area contributed by atoms with Crippen LogP contribution >= 0.6 is 34.2 Å². The number of aromatic carboxylic acids is 1. The Balaban J connectivity index is 2.34. The fourth-order valence-corrected chi connectivity index (χ4v) is 3.81. The first-order chi connectivity index (χ1) is 10.6. The van der Waals surface area contributed by atoms with Crippen LogP contribution in [0, 0.1) is 0 Å². The number of amides is 1. The van der Waals surface area contributed by atoms with Crippen LogP contribution in [0.2, 0.25) is 5.02 Å². The smallest absolute Gasteiger partial charge is 0.410 e. The van der Waals surface area contributed by atoms with E-state index in [1.165, 1.54) is 0 Å². The maximum absolute atomic E-state index is 12.2. The van der Waals surface area contributed by atoms with Crippen molar-refractivity contribution in [1.82, 2.24) is 4.90 Å². The number of hydrogen-bond donors (Lipinski definition) is 1. The third kappa shape index (κ3) is 4.09. The normalized spacial score (nSPS) is 14.4. The molecule has 0 aromatic heterocycles. The van der Waals surface area contributed by atoms with Crippen LogP contribution in [-0.2, 0) is 22.1 Å². The second-order valence-electron chi connectivity index (χ2n) is 6.44. The van der Waals surface area contributed by atoms with Gasteiger partial charge in [-0.2, -0.15) is 0 Å². The number of nitrogens with zero attached hydrogens (tertiary/aromatic N) is 1. The van der Waals surface area contributed by atoms with E-state index < -0.39 is 11.6 Å². The van der Waals surface area contributed by atoms with Crippen molar-refractivity contribution in [2.45, 2.75) is 43.8 Å². The fourth-order valence-electron chi connectivity index (χ4n) is 2.65. The average Bonchev–Trinajstić information content (AvgIpc) is 2.42. The number of ether oxygens (including phenoxy) is 1. The van der Waals surface area contributed by atoms with Crippen molar-refractivity contribution >= 4 is 46.3 Å². The van der Waals surface area contributed by atoms with E-state index >= 15 is 0 Å². The summed E-state index contributed by atoms with van der Waals surface area (Å²) in [6, 6.07) is 1.66. The minimum atomic E-state index is -1.01. The lowest BCUT2D eigenvalue weighted by Gasteiger charge is -2.32. The Bertz CT molecular complexity index is 654. The van der Waals surface area contributed by atoms with Crippen LogP contribution < -0.4 is 0 Å². The molecule has 0 saturated heterocycles. The molecule has 0 atom stereocenters. The molecule has 7 heteroatoms. The first-order valence-corrected chi connectivity index (χ1v) is 9.14. The molecule has 0 radical (unpaired) electrons. The van der Waals surface area contributed by atoms with Gasteiger partial charge in [0.25, 0.3) is 0 Å². The summed E-state index contributed by atoms with van der Waals surface area (Å²) in [4.78, 5) is 25.3. The molecule has 1 amide bonds. The third-order valence-corrected chi connectivity index (χ3v) is 4.65. The van der Waals surface area contributed by atoms with E-state index in [-0.39, 0.29) is 16.7 Å². The number of benzene rings is 1. The Labute approximate surface area is 154 Å². The number of carbonyl (C=O) groups is 2. The van der Waals surface area contributed by atoms with Crippen LogP contribution in [0.15, 0.2) is 6.07 Å². The molecular formula is C16H19ClINO4. The molecule has 2 rings (SSSR count). The molecule has 1 heterocycles. The average molecular weight is 452 g/mol. The number of alkyl halides is 1. The van der Waals surface area contributed by atoms with Crippen molar-refractivity contribution in [2.24, 2.45) is 0 Å². The summed E-state index contributed by atoms with van der Waals surface area (Å²) >= 11 is 8.30. The van der Waals surface area contributed by atoms with E-state index in [4.69, 9.17) is 16.3 Å². The minimum Gasteiger partial charge on any atom is -0.478 e. The molecule has 1 aliphatic heterocycles. The lowest BCUT2D eigenvalue weighted by molar-refractivity contribution is 0.0223. The van der Waals surface area contributed by atoms with Gasteiger partial charge in [0.05, 0.1) is 10.6 Å². The maximum atomic E-state index is 12.2. The Morgan fingerprint density at radius 1 is 1.43 bits per heavy atom. The van der Waals surface area contributed by atoms with Gasteiger partial charge in [0.2, 0.25) is 0 Å². The van der Waals surface area contributed by atoms with Crippen LogP contribution in [0.1, 0.15) is 47.8 Å². The van der Waals surface area contributed by atoms with Crippen LogP contribution in [0.3, 0.4) is 0 Å². The molecule has 0 bridgehead atoms. The van der Waals surface area contributed by atoms with Crippen LogP contribution in [-0.4, -0.2) is 34.2 Å². The van der Waals surface area contributed by atoms with Gasteiger partial charge in [0, 0.05) is 17.5 Å². The standard InChI is InChI=1S/C16H19ClINO4/c1-16(2,3)23-15(22)19-5-4-10-9(8-19)6-12(17)13(14(20)21)11(10)7-18/h6H,4-5,7-8H2,1-3H3,(H,20,21). The van der Waals surface area contributed by atoms with Crippen molar-refractivity contribution < 1.29 is 19.4 Å². The van der Waals surface area contributed by atoms with Crippen LogP contribution in [0.5, 0.6) is 0 Å². The van der Waals surface area contributed by atoms with Gasteiger partial charge in [-0.15, -0.1) is 0 Å². The predicted molar refractivity (Wildman–Crippen MR) is 96.5 cm³/mol. The van der Waals surface area contributed by atoms with E-state index in [2.05, 4.69) is 22.6 Å². The summed E-state index contributed by atoms with van der Waals surface area (Å²) in [6.45, 7) is 6.37. The van der Waals surface area contributed by atoms with E-state index in [1.807, 2.05) is 20.8 Å². The van der Waals surface area contributed by atoms with Gasteiger partial charge in [0.15, 0.2) is 0 Å². The van der Waals surface area contributed by atoms with E-state index in [0.29, 0.717) is 23.9 Å². The third-order valence-electron chi connectivity index (χ3n) is 3.59. The lowest BCUT2D eigenvalue weighted by Crippen LogP contribution is -2.40. The molecule has 126 valence electrons. The Kier molecular flexibility index (Phi) is 5.45. The highest BCUT2D eigenvalue weighted by Gasteiger charge is 2.29. The van der Waals surface area contributed by atoms with Gasteiger partial charge in [-0.3, -0.25) is 0 Å². The van der Waals surface area contributed by atoms with Gasteiger partial charge < -0.3 is 14.7 Å². The highest BCUT2D eigenvalue weighted by atomic mass is 127. The number of rotatable bonds is 2. The number of carbonyl (C=O) groups excluding carboxylic acids is 1. The van der Waals surface area contributed by atoms with Crippen molar-refractivity contribution in [3.63, 3.8) is 0 Å². The quantitative estimate of drug-likeness (QED) is 0.539. The Morgan fingerprint density at radius 2 is 2.09 bits per heavy atom. The van der Waals surface area contributed by atoms with Gasteiger partial charge in [0.1, 0.15) is 5.60 Å². The van der Waals surface area contributed by atoms with Gasteiger partial charge in [-0.25, -0.2) is 9.59 Å². The topological polar surface area (TPSA) is 66.8 Å². The van der Waals surface area contributed by atoms with Crippen molar-refractivity contribution in [3.8, 4) is 0 Å². The molecule has 1 N–H and O–H groups in total. The Hall–Kier alpha value is -1.02. The molecule has 0 spiro atoms. The minimum absolute atomic E-state index is 0.172.